The van der Waals surface area contributed by atoms with Gasteiger partial charge in [0.25, 0.3) is 11.8 Å². The molecule has 1 heterocycles. The Balaban J connectivity index is 1.63. The van der Waals surface area contributed by atoms with Gasteiger partial charge >= 0.3 is 0 Å². The SMILES string of the molecule is COCc1nnc(C(=O)Nc2cccc(C(=O)NCc3ccccc3OC)c2)s1. The van der Waals surface area contributed by atoms with Gasteiger partial charge in [-0.2, -0.15) is 0 Å². The summed E-state index contributed by atoms with van der Waals surface area (Å²) in [5.74, 6) is 0.0560. The summed E-state index contributed by atoms with van der Waals surface area (Å²) in [6.07, 6.45) is 0. The first kappa shape index (κ1) is 20.4. The predicted molar refractivity (Wildman–Crippen MR) is 109 cm³/mol. The summed E-state index contributed by atoms with van der Waals surface area (Å²) in [7, 11) is 3.13. The Morgan fingerprint density at radius 2 is 1.86 bits per heavy atom. The fraction of sp³-hybridized carbons (Fsp3) is 0.200. The minimum atomic E-state index is -0.392. The second-order valence-corrected chi connectivity index (χ2v) is 7.03. The molecule has 0 saturated carbocycles. The molecule has 0 aliphatic carbocycles. The summed E-state index contributed by atoms with van der Waals surface area (Å²) in [4.78, 5) is 24.8. The molecule has 0 saturated heterocycles. The molecule has 0 unspecified atom stereocenters. The minimum Gasteiger partial charge on any atom is -0.496 e. The number of amides is 2. The highest BCUT2D eigenvalue weighted by Crippen LogP contribution is 2.18. The second kappa shape index (κ2) is 9.76. The van der Waals surface area contributed by atoms with E-state index >= 15 is 0 Å². The molecule has 8 nitrogen and oxygen atoms in total. The van der Waals surface area contributed by atoms with E-state index in [1.165, 1.54) is 0 Å². The van der Waals surface area contributed by atoms with Gasteiger partial charge in [0.1, 0.15) is 10.8 Å². The molecule has 1 aromatic heterocycles. The lowest BCUT2D eigenvalue weighted by atomic mass is 10.1. The highest BCUT2D eigenvalue weighted by atomic mass is 32.1. The van der Waals surface area contributed by atoms with Crippen LogP contribution >= 0.6 is 11.3 Å². The standard InChI is InChI=1S/C20H20N4O4S/c1-27-12-17-23-24-20(29-17)19(26)22-15-8-5-7-13(10-15)18(25)21-11-14-6-3-4-9-16(14)28-2/h3-10H,11-12H2,1-2H3,(H,21,25)(H,22,26). The van der Waals surface area contributed by atoms with Crippen LogP contribution in [0.25, 0.3) is 0 Å². The molecule has 3 rings (SSSR count). The molecular weight excluding hydrogens is 392 g/mol. The van der Waals surface area contributed by atoms with Crippen LogP contribution in [0.15, 0.2) is 48.5 Å². The molecule has 0 fully saturated rings. The van der Waals surface area contributed by atoms with E-state index in [9.17, 15) is 9.59 Å². The summed E-state index contributed by atoms with van der Waals surface area (Å²) in [5, 5.41) is 14.2. The summed E-state index contributed by atoms with van der Waals surface area (Å²) in [5.41, 5.74) is 1.79. The molecule has 2 N–H and O–H groups in total. The number of rotatable bonds is 8. The highest BCUT2D eigenvalue weighted by Gasteiger charge is 2.14. The third-order valence-electron chi connectivity index (χ3n) is 3.94. The monoisotopic (exact) mass is 412 g/mol. The average Bonchev–Trinajstić information content (AvgIpc) is 3.21. The predicted octanol–water partition coefficient (Wildman–Crippen LogP) is 2.88. The maximum atomic E-state index is 12.5. The van der Waals surface area contributed by atoms with Crippen LogP contribution in [0.4, 0.5) is 5.69 Å². The van der Waals surface area contributed by atoms with Gasteiger partial charge in [0, 0.05) is 30.5 Å². The topological polar surface area (TPSA) is 102 Å². The lowest BCUT2D eigenvalue weighted by Gasteiger charge is -2.10. The Morgan fingerprint density at radius 3 is 2.66 bits per heavy atom. The van der Waals surface area contributed by atoms with Crippen LogP contribution in [0.3, 0.4) is 0 Å². The van der Waals surface area contributed by atoms with Crippen molar-refractivity contribution in [1.29, 1.82) is 0 Å². The third kappa shape index (κ3) is 5.37. The lowest BCUT2D eigenvalue weighted by molar-refractivity contribution is 0.0949. The first-order valence-electron chi connectivity index (χ1n) is 8.73. The van der Waals surface area contributed by atoms with Crippen LogP contribution in [-0.2, 0) is 17.9 Å². The van der Waals surface area contributed by atoms with Crippen molar-refractivity contribution < 1.29 is 19.1 Å². The number of anilines is 1. The zero-order valence-corrected chi connectivity index (χ0v) is 16.8. The number of para-hydroxylation sites is 1. The zero-order chi connectivity index (χ0) is 20.6. The van der Waals surface area contributed by atoms with E-state index < -0.39 is 5.91 Å². The summed E-state index contributed by atoms with van der Waals surface area (Å²) >= 11 is 1.15. The maximum Gasteiger partial charge on any atom is 0.286 e. The van der Waals surface area contributed by atoms with Gasteiger partial charge in [0.2, 0.25) is 5.01 Å². The number of hydrogen-bond donors (Lipinski definition) is 2. The van der Waals surface area contributed by atoms with Crippen molar-refractivity contribution >= 4 is 28.8 Å². The second-order valence-electron chi connectivity index (χ2n) is 5.96. The molecule has 0 spiro atoms. The molecule has 0 aliphatic rings. The van der Waals surface area contributed by atoms with Gasteiger partial charge in [-0.25, -0.2) is 0 Å². The number of methoxy groups -OCH3 is 2. The Bertz CT molecular complexity index is 1010. The number of hydrogen-bond acceptors (Lipinski definition) is 7. The van der Waals surface area contributed by atoms with Gasteiger partial charge < -0.3 is 20.1 Å². The number of carbonyl (C=O) groups is 2. The van der Waals surface area contributed by atoms with E-state index in [2.05, 4.69) is 20.8 Å². The number of nitrogens with zero attached hydrogens (tertiary/aromatic N) is 2. The molecule has 0 bridgehead atoms. The van der Waals surface area contributed by atoms with Gasteiger partial charge in [-0.1, -0.05) is 35.6 Å². The van der Waals surface area contributed by atoms with Crippen molar-refractivity contribution in [2.24, 2.45) is 0 Å². The maximum absolute atomic E-state index is 12.5. The van der Waals surface area contributed by atoms with E-state index in [1.807, 2.05) is 24.3 Å². The van der Waals surface area contributed by atoms with Crippen molar-refractivity contribution in [3.63, 3.8) is 0 Å². The van der Waals surface area contributed by atoms with E-state index in [4.69, 9.17) is 9.47 Å². The molecule has 150 valence electrons. The first-order chi connectivity index (χ1) is 14.1. The minimum absolute atomic E-state index is 0.225. The van der Waals surface area contributed by atoms with Crippen LogP contribution in [-0.4, -0.2) is 36.2 Å². The van der Waals surface area contributed by atoms with Crippen LogP contribution < -0.4 is 15.4 Å². The van der Waals surface area contributed by atoms with Crippen LogP contribution in [0.1, 0.15) is 30.7 Å². The highest BCUT2D eigenvalue weighted by molar-refractivity contribution is 7.13. The lowest BCUT2D eigenvalue weighted by Crippen LogP contribution is -2.23. The first-order valence-corrected chi connectivity index (χ1v) is 9.55. The van der Waals surface area contributed by atoms with E-state index in [1.54, 1.807) is 38.5 Å². The van der Waals surface area contributed by atoms with Crippen molar-refractivity contribution in [3.05, 3.63) is 69.7 Å². The molecule has 0 radical (unpaired) electrons. The fourth-order valence-electron chi connectivity index (χ4n) is 2.58. The third-order valence-corrected chi connectivity index (χ3v) is 4.84. The van der Waals surface area contributed by atoms with E-state index in [0.717, 1.165) is 16.9 Å². The number of benzene rings is 2. The van der Waals surface area contributed by atoms with Crippen LogP contribution in [0, 0.1) is 0 Å². The Morgan fingerprint density at radius 1 is 1.03 bits per heavy atom. The van der Waals surface area contributed by atoms with E-state index in [0.29, 0.717) is 35.2 Å². The number of aromatic nitrogens is 2. The van der Waals surface area contributed by atoms with Gasteiger partial charge in [0.15, 0.2) is 0 Å². The van der Waals surface area contributed by atoms with Crippen LogP contribution in [0.5, 0.6) is 5.75 Å². The Kier molecular flexibility index (Phi) is 6.88. The summed E-state index contributed by atoms with van der Waals surface area (Å²) in [6.45, 7) is 0.624. The molecule has 9 heteroatoms. The fourth-order valence-corrected chi connectivity index (χ4v) is 3.28. The Hall–Kier alpha value is -3.30. The van der Waals surface area contributed by atoms with Crippen LogP contribution in [0.2, 0.25) is 0 Å². The van der Waals surface area contributed by atoms with Crippen molar-refractivity contribution in [2.75, 3.05) is 19.5 Å². The number of nitrogens with one attached hydrogen (secondary N) is 2. The summed E-state index contributed by atoms with van der Waals surface area (Å²) < 4.78 is 10.3. The van der Waals surface area contributed by atoms with Gasteiger partial charge in [-0.3, -0.25) is 9.59 Å². The van der Waals surface area contributed by atoms with Crippen molar-refractivity contribution in [2.45, 2.75) is 13.2 Å². The summed E-state index contributed by atoms with van der Waals surface area (Å²) in [6, 6.07) is 14.1. The molecule has 3 aromatic rings. The van der Waals surface area contributed by atoms with Crippen molar-refractivity contribution in [3.8, 4) is 5.75 Å². The molecule has 0 atom stereocenters. The molecule has 0 aliphatic heterocycles. The molecule has 2 aromatic carbocycles. The average molecular weight is 412 g/mol. The smallest absolute Gasteiger partial charge is 0.286 e. The molecule has 2 amide bonds. The Labute approximate surface area is 171 Å². The number of carbonyl (C=O) groups excluding carboxylic acids is 2. The van der Waals surface area contributed by atoms with Gasteiger partial charge in [0.05, 0.1) is 13.7 Å². The quantitative estimate of drug-likeness (QED) is 0.590. The van der Waals surface area contributed by atoms with Gasteiger partial charge in [-0.05, 0) is 24.3 Å². The molecule has 29 heavy (non-hydrogen) atoms. The van der Waals surface area contributed by atoms with E-state index in [-0.39, 0.29) is 10.9 Å². The van der Waals surface area contributed by atoms with Gasteiger partial charge in [-0.15, -0.1) is 10.2 Å². The normalized spacial score (nSPS) is 10.4. The zero-order valence-electron chi connectivity index (χ0n) is 16.0. The number of ether oxygens (including phenoxy) is 2. The van der Waals surface area contributed by atoms with Crippen molar-refractivity contribution in [1.82, 2.24) is 15.5 Å². The molecular formula is C20H20N4O4S. The largest absolute Gasteiger partial charge is 0.496 e.